The van der Waals surface area contributed by atoms with Crippen molar-refractivity contribution < 1.29 is 4.79 Å². The van der Waals surface area contributed by atoms with E-state index >= 15 is 0 Å². The van der Waals surface area contributed by atoms with Gasteiger partial charge in [-0.15, -0.1) is 12.4 Å². The van der Waals surface area contributed by atoms with Crippen LogP contribution in [0.1, 0.15) is 38.7 Å². The van der Waals surface area contributed by atoms with Gasteiger partial charge in [-0.2, -0.15) is 0 Å². The molecule has 0 saturated heterocycles. The lowest BCUT2D eigenvalue weighted by molar-refractivity contribution is -0.123. The second-order valence-electron chi connectivity index (χ2n) is 4.66. The maximum atomic E-state index is 11.7. The van der Waals surface area contributed by atoms with E-state index in [9.17, 15) is 4.79 Å². The second-order valence-corrected chi connectivity index (χ2v) is 4.66. The van der Waals surface area contributed by atoms with Crippen molar-refractivity contribution in [2.24, 2.45) is 5.73 Å². The SMILES string of the molecule is C[C@@H](CC(=O)C(C)(C)N)c1ccccc1.Cl. The molecule has 0 radical (unpaired) electrons. The van der Waals surface area contributed by atoms with Crippen LogP contribution in [0.15, 0.2) is 30.3 Å². The van der Waals surface area contributed by atoms with E-state index < -0.39 is 5.54 Å². The Morgan fingerprint density at radius 2 is 1.81 bits per heavy atom. The molecule has 0 aliphatic rings. The minimum atomic E-state index is -0.719. The van der Waals surface area contributed by atoms with Gasteiger partial charge in [-0.1, -0.05) is 37.3 Å². The number of carbonyl (C=O) groups excluding carboxylic acids is 1. The van der Waals surface area contributed by atoms with Gasteiger partial charge in [-0.3, -0.25) is 4.79 Å². The normalized spacial score (nSPS) is 12.8. The Morgan fingerprint density at radius 1 is 1.31 bits per heavy atom. The van der Waals surface area contributed by atoms with Gasteiger partial charge in [0.15, 0.2) is 5.78 Å². The van der Waals surface area contributed by atoms with Gasteiger partial charge in [0, 0.05) is 6.42 Å². The van der Waals surface area contributed by atoms with Gasteiger partial charge in [-0.05, 0) is 25.3 Å². The fraction of sp³-hybridized carbons (Fsp3) is 0.462. The van der Waals surface area contributed by atoms with E-state index in [-0.39, 0.29) is 24.1 Å². The number of nitrogens with two attached hydrogens (primary N) is 1. The molecule has 0 spiro atoms. The van der Waals surface area contributed by atoms with Gasteiger partial charge in [0.25, 0.3) is 0 Å². The Balaban J connectivity index is 0.00000225. The summed E-state index contributed by atoms with van der Waals surface area (Å²) in [5.41, 5.74) is 6.23. The van der Waals surface area contributed by atoms with E-state index in [1.54, 1.807) is 13.8 Å². The van der Waals surface area contributed by atoms with Crippen molar-refractivity contribution in [2.45, 2.75) is 38.6 Å². The zero-order chi connectivity index (χ0) is 11.5. The van der Waals surface area contributed by atoms with Crippen molar-refractivity contribution in [3.8, 4) is 0 Å². The molecule has 0 aliphatic carbocycles. The fourth-order valence-electron chi connectivity index (χ4n) is 1.44. The highest BCUT2D eigenvalue weighted by Crippen LogP contribution is 2.20. The second kappa shape index (κ2) is 6.02. The van der Waals surface area contributed by atoms with Crippen molar-refractivity contribution >= 4 is 18.2 Å². The van der Waals surface area contributed by atoms with Crippen molar-refractivity contribution in [1.29, 1.82) is 0 Å². The minimum absolute atomic E-state index is 0. The van der Waals surface area contributed by atoms with Crippen LogP contribution in [0.4, 0.5) is 0 Å². The largest absolute Gasteiger partial charge is 0.319 e. The summed E-state index contributed by atoms with van der Waals surface area (Å²) >= 11 is 0. The van der Waals surface area contributed by atoms with Crippen LogP contribution in [0.2, 0.25) is 0 Å². The fourth-order valence-corrected chi connectivity index (χ4v) is 1.44. The first-order valence-corrected chi connectivity index (χ1v) is 5.28. The summed E-state index contributed by atoms with van der Waals surface area (Å²) < 4.78 is 0. The first kappa shape index (κ1) is 15.1. The number of halogens is 1. The molecular weight excluding hydrogens is 222 g/mol. The minimum Gasteiger partial charge on any atom is -0.319 e. The summed E-state index contributed by atoms with van der Waals surface area (Å²) in [7, 11) is 0. The number of carbonyl (C=O) groups is 1. The van der Waals surface area contributed by atoms with Crippen LogP contribution < -0.4 is 5.73 Å². The van der Waals surface area contributed by atoms with Gasteiger partial charge in [-0.25, -0.2) is 0 Å². The molecule has 0 aliphatic heterocycles. The third-order valence-corrected chi connectivity index (χ3v) is 2.58. The Kier molecular flexibility index (Phi) is 5.70. The molecule has 16 heavy (non-hydrogen) atoms. The average molecular weight is 242 g/mol. The Bertz CT molecular complexity index is 330. The first-order chi connectivity index (χ1) is 6.91. The number of hydrogen-bond donors (Lipinski definition) is 1. The predicted octanol–water partition coefficient (Wildman–Crippen LogP) is 2.91. The summed E-state index contributed by atoms with van der Waals surface area (Å²) in [6.45, 7) is 5.57. The van der Waals surface area contributed by atoms with E-state index in [1.807, 2.05) is 30.3 Å². The highest BCUT2D eigenvalue weighted by molar-refractivity contribution is 5.87. The Labute approximate surface area is 104 Å². The van der Waals surface area contributed by atoms with Crippen LogP contribution in [0.25, 0.3) is 0 Å². The molecule has 2 N–H and O–H groups in total. The highest BCUT2D eigenvalue weighted by Gasteiger charge is 2.23. The van der Waals surface area contributed by atoms with Gasteiger partial charge >= 0.3 is 0 Å². The van der Waals surface area contributed by atoms with Crippen LogP contribution in [0, 0.1) is 0 Å². The quantitative estimate of drug-likeness (QED) is 0.881. The number of Topliss-reactive ketones (excluding diaryl/α,β-unsaturated/α-hetero) is 1. The smallest absolute Gasteiger partial charge is 0.152 e. The Hall–Kier alpha value is -0.860. The van der Waals surface area contributed by atoms with E-state index in [0.29, 0.717) is 6.42 Å². The molecule has 0 aromatic heterocycles. The standard InChI is InChI=1S/C13H19NO.ClH/c1-10(9-12(15)13(2,3)14)11-7-5-4-6-8-11;/h4-8,10H,9,14H2,1-3H3;1H/t10-;/m0./s1. The summed E-state index contributed by atoms with van der Waals surface area (Å²) in [6.07, 6.45) is 0.507. The molecule has 0 saturated carbocycles. The van der Waals surface area contributed by atoms with Crippen LogP contribution in [-0.4, -0.2) is 11.3 Å². The molecule has 1 rings (SSSR count). The lowest BCUT2D eigenvalue weighted by Crippen LogP contribution is -2.41. The zero-order valence-corrected chi connectivity index (χ0v) is 10.9. The molecule has 0 heterocycles. The first-order valence-electron chi connectivity index (χ1n) is 5.28. The van der Waals surface area contributed by atoms with Crippen LogP contribution in [0.5, 0.6) is 0 Å². The molecule has 1 aromatic rings. The number of ketones is 1. The zero-order valence-electron chi connectivity index (χ0n) is 10.1. The van der Waals surface area contributed by atoms with E-state index in [2.05, 4.69) is 6.92 Å². The van der Waals surface area contributed by atoms with Crippen molar-refractivity contribution in [2.75, 3.05) is 0 Å². The van der Waals surface area contributed by atoms with Crippen molar-refractivity contribution in [1.82, 2.24) is 0 Å². The molecule has 90 valence electrons. The average Bonchev–Trinajstić information content (AvgIpc) is 2.17. The maximum absolute atomic E-state index is 11.7. The van der Waals surface area contributed by atoms with E-state index in [4.69, 9.17) is 5.73 Å². The molecule has 2 nitrogen and oxygen atoms in total. The third-order valence-electron chi connectivity index (χ3n) is 2.58. The molecule has 3 heteroatoms. The summed E-state index contributed by atoms with van der Waals surface area (Å²) in [5.74, 6) is 0.348. The summed E-state index contributed by atoms with van der Waals surface area (Å²) in [6, 6.07) is 10.0. The lowest BCUT2D eigenvalue weighted by atomic mass is 9.89. The maximum Gasteiger partial charge on any atom is 0.152 e. The van der Waals surface area contributed by atoms with Crippen LogP contribution in [-0.2, 0) is 4.79 Å². The number of rotatable bonds is 4. The molecule has 1 atom stereocenters. The van der Waals surface area contributed by atoms with Gasteiger partial charge < -0.3 is 5.73 Å². The number of benzene rings is 1. The molecule has 0 unspecified atom stereocenters. The molecular formula is C13H20ClNO. The van der Waals surface area contributed by atoms with E-state index in [0.717, 1.165) is 0 Å². The lowest BCUT2D eigenvalue weighted by Gasteiger charge is -2.19. The van der Waals surface area contributed by atoms with Gasteiger partial charge in [0.05, 0.1) is 5.54 Å². The molecule has 0 fully saturated rings. The third kappa shape index (κ3) is 4.33. The Morgan fingerprint density at radius 3 is 2.25 bits per heavy atom. The van der Waals surface area contributed by atoms with Gasteiger partial charge in [0.1, 0.15) is 0 Å². The van der Waals surface area contributed by atoms with Crippen LogP contribution in [0.3, 0.4) is 0 Å². The topological polar surface area (TPSA) is 43.1 Å². The highest BCUT2D eigenvalue weighted by atomic mass is 35.5. The summed E-state index contributed by atoms with van der Waals surface area (Å²) in [5, 5.41) is 0. The predicted molar refractivity (Wildman–Crippen MR) is 70.0 cm³/mol. The van der Waals surface area contributed by atoms with Crippen molar-refractivity contribution in [3.05, 3.63) is 35.9 Å². The number of hydrogen-bond acceptors (Lipinski definition) is 2. The van der Waals surface area contributed by atoms with Gasteiger partial charge in [0.2, 0.25) is 0 Å². The molecule has 0 amide bonds. The monoisotopic (exact) mass is 241 g/mol. The van der Waals surface area contributed by atoms with Crippen molar-refractivity contribution in [3.63, 3.8) is 0 Å². The van der Waals surface area contributed by atoms with E-state index in [1.165, 1.54) is 5.56 Å². The molecule has 1 aromatic carbocycles. The van der Waals surface area contributed by atoms with Crippen LogP contribution >= 0.6 is 12.4 Å². The molecule has 0 bridgehead atoms. The summed E-state index contributed by atoms with van der Waals surface area (Å²) in [4.78, 5) is 11.7.